The quantitative estimate of drug-likeness (QED) is 0.912. The van der Waals surface area contributed by atoms with Gasteiger partial charge < -0.3 is 10.0 Å². The van der Waals surface area contributed by atoms with Crippen molar-refractivity contribution in [3.63, 3.8) is 0 Å². The Labute approximate surface area is 136 Å². The van der Waals surface area contributed by atoms with Crippen molar-refractivity contribution in [2.75, 3.05) is 13.2 Å². The minimum absolute atomic E-state index is 0.0873. The number of rotatable bonds is 5. The van der Waals surface area contributed by atoms with Gasteiger partial charge in [-0.25, -0.2) is 0 Å². The molecule has 0 atom stereocenters. The standard InChI is InChI=1S/C17H24N4O2/c1-17(2,3)15-10-14(20(4)19-15)16(23)21(8-9-22)12-13-6-5-7-18-11-13/h5-7,10-11,22H,8-9,12H2,1-4H3. The van der Waals surface area contributed by atoms with Gasteiger partial charge in [0.1, 0.15) is 5.69 Å². The molecule has 0 bridgehead atoms. The van der Waals surface area contributed by atoms with Gasteiger partial charge in [-0.15, -0.1) is 0 Å². The van der Waals surface area contributed by atoms with Crippen molar-refractivity contribution in [1.82, 2.24) is 19.7 Å². The molecule has 0 aliphatic carbocycles. The molecule has 0 aromatic carbocycles. The Hall–Kier alpha value is -2.21. The predicted octanol–water partition coefficient (Wildman–Crippen LogP) is 1.75. The first-order valence-electron chi connectivity index (χ1n) is 7.66. The fourth-order valence-corrected chi connectivity index (χ4v) is 2.28. The second kappa shape index (κ2) is 6.91. The molecule has 0 unspecified atom stereocenters. The highest BCUT2D eigenvalue weighted by Crippen LogP contribution is 2.22. The summed E-state index contributed by atoms with van der Waals surface area (Å²) in [5, 5.41) is 13.7. The molecule has 0 aliphatic rings. The van der Waals surface area contributed by atoms with Crippen LogP contribution in [0, 0.1) is 0 Å². The van der Waals surface area contributed by atoms with Crippen molar-refractivity contribution in [3.05, 3.63) is 47.5 Å². The summed E-state index contributed by atoms with van der Waals surface area (Å²) < 4.78 is 1.61. The van der Waals surface area contributed by atoms with Gasteiger partial charge in [0.25, 0.3) is 5.91 Å². The Morgan fingerprint density at radius 1 is 1.39 bits per heavy atom. The number of hydrogen-bond donors (Lipinski definition) is 1. The zero-order chi connectivity index (χ0) is 17.0. The molecule has 0 spiro atoms. The maximum Gasteiger partial charge on any atom is 0.272 e. The number of aliphatic hydroxyl groups is 1. The molecule has 2 rings (SSSR count). The summed E-state index contributed by atoms with van der Waals surface area (Å²) in [7, 11) is 1.77. The van der Waals surface area contributed by atoms with Gasteiger partial charge in [0.2, 0.25) is 0 Å². The SMILES string of the molecule is Cn1nc(C(C)(C)C)cc1C(=O)N(CCO)Cc1cccnc1. The molecule has 2 aromatic rings. The largest absolute Gasteiger partial charge is 0.395 e. The van der Waals surface area contributed by atoms with Crippen molar-refractivity contribution in [3.8, 4) is 0 Å². The lowest BCUT2D eigenvalue weighted by atomic mass is 9.92. The van der Waals surface area contributed by atoms with Crippen LogP contribution < -0.4 is 0 Å². The van der Waals surface area contributed by atoms with Crippen molar-refractivity contribution < 1.29 is 9.90 Å². The van der Waals surface area contributed by atoms with Gasteiger partial charge in [-0.1, -0.05) is 26.8 Å². The number of hydrogen-bond acceptors (Lipinski definition) is 4. The molecule has 0 radical (unpaired) electrons. The van der Waals surface area contributed by atoms with Crippen LogP contribution in [0.2, 0.25) is 0 Å². The number of pyridine rings is 1. The van der Waals surface area contributed by atoms with E-state index in [9.17, 15) is 9.90 Å². The van der Waals surface area contributed by atoms with E-state index in [0.29, 0.717) is 12.2 Å². The van der Waals surface area contributed by atoms with Crippen LogP contribution in [0.25, 0.3) is 0 Å². The summed E-state index contributed by atoms with van der Waals surface area (Å²) in [4.78, 5) is 18.5. The lowest BCUT2D eigenvalue weighted by Gasteiger charge is -2.21. The Kier molecular flexibility index (Phi) is 5.15. The van der Waals surface area contributed by atoms with Crippen LogP contribution >= 0.6 is 0 Å². The smallest absolute Gasteiger partial charge is 0.272 e. The summed E-state index contributed by atoms with van der Waals surface area (Å²) in [5.74, 6) is -0.145. The highest BCUT2D eigenvalue weighted by molar-refractivity contribution is 5.92. The zero-order valence-corrected chi connectivity index (χ0v) is 14.2. The number of aromatic nitrogens is 3. The van der Waals surface area contributed by atoms with E-state index in [-0.39, 0.29) is 24.5 Å². The fourth-order valence-electron chi connectivity index (χ4n) is 2.28. The van der Waals surface area contributed by atoms with E-state index in [0.717, 1.165) is 11.3 Å². The number of amides is 1. The van der Waals surface area contributed by atoms with Crippen LogP contribution in [0.1, 0.15) is 42.5 Å². The van der Waals surface area contributed by atoms with Crippen LogP contribution in [0.3, 0.4) is 0 Å². The molecule has 124 valence electrons. The summed E-state index contributed by atoms with van der Waals surface area (Å²) in [5.41, 5.74) is 2.19. The van der Waals surface area contributed by atoms with Crippen LogP contribution in [0.5, 0.6) is 0 Å². The van der Waals surface area contributed by atoms with Gasteiger partial charge in [-0.05, 0) is 17.7 Å². The summed E-state index contributed by atoms with van der Waals surface area (Å²) in [6.07, 6.45) is 3.42. The third kappa shape index (κ3) is 4.16. The molecule has 0 aliphatic heterocycles. The molecular formula is C17H24N4O2. The van der Waals surface area contributed by atoms with Crippen molar-refractivity contribution in [1.29, 1.82) is 0 Å². The highest BCUT2D eigenvalue weighted by Gasteiger charge is 2.24. The Balaban J connectivity index is 2.26. The molecule has 1 N–H and O–H groups in total. The van der Waals surface area contributed by atoms with E-state index in [1.165, 1.54) is 0 Å². The normalized spacial score (nSPS) is 11.5. The van der Waals surface area contributed by atoms with Gasteiger partial charge in [-0.3, -0.25) is 14.5 Å². The van der Waals surface area contributed by atoms with Crippen molar-refractivity contribution in [2.45, 2.75) is 32.7 Å². The van der Waals surface area contributed by atoms with E-state index >= 15 is 0 Å². The first-order chi connectivity index (χ1) is 10.8. The maximum atomic E-state index is 12.8. The summed E-state index contributed by atoms with van der Waals surface area (Å²) >= 11 is 0. The predicted molar refractivity (Wildman–Crippen MR) is 88.0 cm³/mol. The molecule has 6 heteroatoms. The van der Waals surface area contributed by atoms with Crippen LogP contribution in [0.4, 0.5) is 0 Å². The highest BCUT2D eigenvalue weighted by atomic mass is 16.3. The second-order valence-electron chi connectivity index (χ2n) is 6.60. The van der Waals surface area contributed by atoms with Crippen molar-refractivity contribution in [2.24, 2.45) is 7.05 Å². The molecule has 2 aromatic heterocycles. The average Bonchev–Trinajstić information content (AvgIpc) is 2.89. The van der Waals surface area contributed by atoms with Crippen molar-refractivity contribution >= 4 is 5.91 Å². The number of aryl methyl sites for hydroxylation is 1. The number of aliphatic hydroxyl groups excluding tert-OH is 1. The van der Waals surface area contributed by atoms with Gasteiger partial charge in [0, 0.05) is 37.9 Å². The van der Waals surface area contributed by atoms with Crippen LogP contribution in [0.15, 0.2) is 30.6 Å². The summed E-state index contributed by atoms with van der Waals surface area (Å²) in [6, 6.07) is 5.57. The molecule has 0 fully saturated rings. The van der Waals surface area contributed by atoms with Gasteiger partial charge in [0.15, 0.2) is 0 Å². The summed E-state index contributed by atoms with van der Waals surface area (Å²) in [6.45, 7) is 6.77. The molecule has 23 heavy (non-hydrogen) atoms. The van der Waals surface area contributed by atoms with Gasteiger partial charge >= 0.3 is 0 Å². The molecule has 1 amide bonds. The molecule has 0 saturated heterocycles. The Morgan fingerprint density at radius 2 is 2.13 bits per heavy atom. The molecule has 2 heterocycles. The third-order valence-electron chi connectivity index (χ3n) is 3.62. The fraction of sp³-hybridized carbons (Fsp3) is 0.471. The zero-order valence-electron chi connectivity index (χ0n) is 14.2. The number of nitrogens with zero attached hydrogens (tertiary/aromatic N) is 4. The van der Waals surface area contributed by atoms with E-state index in [4.69, 9.17) is 0 Å². The minimum Gasteiger partial charge on any atom is -0.395 e. The number of carbonyl (C=O) groups is 1. The first-order valence-corrected chi connectivity index (χ1v) is 7.66. The lowest BCUT2D eigenvalue weighted by molar-refractivity contribution is 0.0696. The second-order valence-corrected chi connectivity index (χ2v) is 6.60. The third-order valence-corrected chi connectivity index (χ3v) is 3.62. The van der Waals surface area contributed by atoms with E-state index in [1.807, 2.05) is 18.2 Å². The molecular weight excluding hydrogens is 292 g/mol. The van der Waals surface area contributed by atoms with Gasteiger partial charge in [-0.2, -0.15) is 5.10 Å². The average molecular weight is 316 g/mol. The lowest BCUT2D eigenvalue weighted by Crippen LogP contribution is -2.34. The minimum atomic E-state index is -0.145. The van der Waals surface area contributed by atoms with E-state index in [2.05, 4.69) is 30.9 Å². The van der Waals surface area contributed by atoms with Crippen LogP contribution in [-0.2, 0) is 19.0 Å². The monoisotopic (exact) mass is 316 g/mol. The maximum absolute atomic E-state index is 12.8. The van der Waals surface area contributed by atoms with Gasteiger partial charge in [0.05, 0.1) is 12.3 Å². The van der Waals surface area contributed by atoms with Crippen LogP contribution in [-0.4, -0.2) is 43.8 Å². The molecule has 6 nitrogen and oxygen atoms in total. The van der Waals surface area contributed by atoms with E-state index < -0.39 is 0 Å². The topological polar surface area (TPSA) is 71.2 Å². The Bertz CT molecular complexity index is 659. The Morgan fingerprint density at radius 3 is 2.65 bits per heavy atom. The molecule has 0 saturated carbocycles. The number of carbonyl (C=O) groups excluding carboxylic acids is 1. The van der Waals surface area contributed by atoms with E-state index in [1.54, 1.807) is 29.0 Å². The first kappa shape index (κ1) is 17.1.